The average Bonchev–Trinajstić information content (AvgIpc) is 2.29. The lowest BCUT2D eigenvalue weighted by Gasteiger charge is -2.36. The summed E-state index contributed by atoms with van der Waals surface area (Å²) >= 11 is 0. The molecule has 1 fully saturated rings. The fourth-order valence-corrected chi connectivity index (χ4v) is 2.62. The van der Waals surface area contributed by atoms with Crippen LogP contribution in [-0.4, -0.2) is 5.54 Å². The number of benzene rings is 1. The SMILES string of the molecule is Cc1cccc(C(F)C2(N)CCCCC2)c1. The van der Waals surface area contributed by atoms with Gasteiger partial charge in [-0.1, -0.05) is 49.1 Å². The van der Waals surface area contributed by atoms with Crippen molar-refractivity contribution in [2.75, 3.05) is 0 Å². The molecular weight excluding hydrogens is 201 g/mol. The molecule has 0 heterocycles. The minimum absolute atomic E-state index is 0.633. The lowest BCUT2D eigenvalue weighted by molar-refractivity contribution is 0.143. The van der Waals surface area contributed by atoms with Gasteiger partial charge in [0.15, 0.2) is 0 Å². The molecule has 1 aliphatic carbocycles. The highest BCUT2D eigenvalue weighted by molar-refractivity contribution is 5.26. The number of rotatable bonds is 2. The van der Waals surface area contributed by atoms with E-state index >= 15 is 0 Å². The third-order valence-corrected chi connectivity index (χ3v) is 3.62. The molecule has 1 atom stereocenters. The molecule has 0 amide bonds. The molecule has 1 aliphatic rings. The van der Waals surface area contributed by atoms with Gasteiger partial charge >= 0.3 is 0 Å². The summed E-state index contributed by atoms with van der Waals surface area (Å²) in [7, 11) is 0. The first-order valence-corrected chi connectivity index (χ1v) is 6.11. The van der Waals surface area contributed by atoms with Gasteiger partial charge in [-0.3, -0.25) is 0 Å². The van der Waals surface area contributed by atoms with Crippen molar-refractivity contribution in [3.8, 4) is 0 Å². The molecule has 0 aliphatic heterocycles. The fourth-order valence-electron chi connectivity index (χ4n) is 2.62. The molecule has 2 N–H and O–H groups in total. The quantitative estimate of drug-likeness (QED) is 0.810. The van der Waals surface area contributed by atoms with Crippen LogP contribution in [0.25, 0.3) is 0 Å². The third-order valence-electron chi connectivity index (χ3n) is 3.62. The average molecular weight is 221 g/mol. The highest BCUT2D eigenvalue weighted by atomic mass is 19.1. The Labute approximate surface area is 96.9 Å². The van der Waals surface area contributed by atoms with E-state index in [4.69, 9.17) is 5.73 Å². The summed E-state index contributed by atoms with van der Waals surface area (Å²) < 4.78 is 14.5. The van der Waals surface area contributed by atoms with Crippen molar-refractivity contribution in [1.82, 2.24) is 0 Å². The predicted molar refractivity (Wildman–Crippen MR) is 65.0 cm³/mol. The molecular formula is C14H20FN. The van der Waals surface area contributed by atoms with Crippen molar-refractivity contribution >= 4 is 0 Å². The van der Waals surface area contributed by atoms with Gasteiger partial charge in [-0.25, -0.2) is 4.39 Å². The lowest BCUT2D eigenvalue weighted by Crippen LogP contribution is -2.45. The topological polar surface area (TPSA) is 26.0 Å². The second-order valence-corrected chi connectivity index (χ2v) is 5.07. The van der Waals surface area contributed by atoms with Gasteiger partial charge in [0.1, 0.15) is 6.17 Å². The van der Waals surface area contributed by atoms with Crippen molar-refractivity contribution in [1.29, 1.82) is 0 Å². The van der Waals surface area contributed by atoms with Crippen molar-refractivity contribution < 1.29 is 4.39 Å². The maximum absolute atomic E-state index is 14.5. The Bertz CT molecular complexity index is 356. The van der Waals surface area contributed by atoms with E-state index in [9.17, 15) is 4.39 Å². The zero-order valence-electron chi connectivity index (χ0n) is 9.88. The molecule has 16 heavy (non-hydrogen) atoms. The molecule has 0 radical (unpaired) electrons. The van der Waals surface area contributed by atoms with Gasteiger partial charge in [-0.05, 0) is 25.3 Å². The standard InChI is InChI=1S/C14H20FN/c1-11-6-5-7-12(10-11)13(15)14(16)8-3-2-4-9-14/h5-7,10,13H,2-4,8-9,16H2,1H3. The molecule has 1 unspecified atom stereocenters. The number of hydrogen-bond acceptors (Lipinski definition) is 1. The highest BCUT2D eigenvalue weighted by Crippen LogP contribution is 2.38. The number of alkyl halides is 1. The summed E-state index contributed by atoms with van der Waals surface area (Å²) in [6, 6.07) is 7.65. The molecule has 88 valence electrons. The van der Waals surface area contributed by atoms with Crippen molar-refractivity contribution in [3.05, 3.63) is 35.4 Å². The third kappa shape index (κ3) is 2.27. The molecule has 0 bridgehead atoms. The van der Waals surface area contributed by atoms with E-state index in [-0.39, 0.29) is 0 Å². The van der Waals surface area contributed by atoms with E-state index in [1.807, 2.05) is 31.2 Å². The molecule has 2 heteroatoms. The zero-order chi connectivity index (χ0) is 11.6. The Balaban J connectivity index is 2.20. The molecule has 1 aromatic carbocycles. The smallest absolute Gasteiger partial charge is 0.143 e. The summed E-state index contributed by atoms with van der Waals surface area (Å²) in [4.78, 5) is 0. The molecule has 0 aromatic heterocycles. The summed E-state index contributed by atoms with van der Waals surface area (Å²) in [5.74, 6) is 0. The summed E-state index contributed by atoms with van der Waals surface area (Å²) in [5.41, 5.74) is 7.41. The van der Waals surface area contributed by atoms with Crippen LogP contribution in [0.15, 0.2) is 24.3 Å². The van der Waals surface area contributed by atoms with Crippen LogP contribution < -0.4 is 5.73 Å². The number of hydrogen-bond donors (Lipinski definition) is 1. The lowest BCUT2D eigenvalue weighted by atomic mass is 9.77. The van der Waals surface area contributed by atoms with Crippen LogP contribution in [0.4, 0.5) is 4.39 Å². The van der Waals surface area contributed by atoms with Gasteiger partial charge in [0.05, 0.1) is 5.54 Å². The largest absolute Gasteiger partial charge is 0.322 e. The van der Waals surface area contributed by atoms with Crippen LogP contribution in [0.1, 0.15) is 49.4 Å². The van der Waals surface area contributed by atoms with Gasteiger partial charge in [0.2, 0.25) is 0 Å². The molecule has 2 rings (SSSR count). The number of aryl methyl sites for hydroxylation is 1. The van der Waals surface area contributed by atoms with E-state index < -0.39 is 11.7 Å². The first-order chi connectivity index (χ1) is 7.62. The molecule has 1 aromatic rings. The molecule has 0 saturated heterocycles. The molecule has 1 nitrogen and oxygen atoms in total. The maximum Gasteiger partial charge on any atom is 0.143 e. The van der Waals surface area contributed by atoms with E-state index in [0.717, 1.165) is 36.8 Å². The normalized spacial score (nSPS) is 21.7. The first-order valence-electron chi connectivity index (χ1n) is 6.11. The first kappa shape index (κ1) is 11.6. The van der Waals surface area contributed by atoms with Crippen LogP contribution in [-0.2, 0) is 0 Å². The Morgan fingerprint density at radius 1 is 1.25 bits per heavy atom. The predicted octanol–water partition coefficient (Wildman–Crippen LogP) is 3.67. The van der Waals surface area contributed by atoms with Crippen LogP contribution in [0.2, 0.25) is 0 Å². The van der Waals surface area contributed by atoms with Crippen LogP contribution >= 0.6 is 0 Å². The fraction of sp³-hybridized carbons (Fsp3) is 0.571. The van der Waals surface area contributed by atoms with E-state index in [2.05, 4.69) is 0 Å². The Morgan fingerprint density at radius 2 is 1.94 bits per heavy atom. The second kappa shape index (κ2) is 4.54. The van der Waals surface area contributed by atoms with Crippen molar-refractivity contribution in [2.45, 2.75) is 50.7 Å². The van der Waals surface area contributed by atoms with Gasteiger partial charge in [-0.15, -0.1) is 0 Å². The van der Waals surface area contributed by atoms with Gasteiger partial charge < -0.3 is 5.73 Å². The Kier molecular flexibility index (Phi) is 3.29. The van der Waals surface area contributed by atoms with E-state index in [1.54, 1.807) is 0 Å². The summed E-state index contributed by atoms with van der Waals surface area (Å²) in [6.07, 6.45) is 3.91. The summed E-state index contributed by atoms with van der Waals surface area (Å²) in [5, 5.41) is 0. The van der Waals surface area contributed by atoms with Gasteiger partial charge in [0.25, 0.3) is 0 Å². The van der Waals surface area contributed by atoms with Crippen molar-refractivity contribution in [3.63, 3.8) is 0 Å². The Morgan fingerprint density at radius 3 is 2.56 bits per heavy atom. The number of halogens is 1. The van der Waals surface area contributed by atoms with Crippen molar-refractivity contribution in [2.24, 2.45) is 5.73 Å². The van der Waals surface area contributed by atoms with Crippen LogP contribution in [0.3, 0.4) is 0 Å². The Hall–Kier alpha value is -0.890. The second-order valence-electron chi connectivity index (χ2n) is 5.07. The number of nitrogens with two attached hydrogens (primary N) is 1. The van der Waals surface area contributed by atoms with Gasteiger partial charge in [0, 0.05) is 0 Å². The van der Waals surface area contributed by atoms with E-state index in [1.165, 1.54) is 6.42 Å². The highest BCUT2D eigenvalue weighted by Gasteiger charge is 2.37. The van der Waals surface area contributed by atoms with Crippen LogP contribution in [0.5, 0.6) is 0 Å². The maximum atomic E-state index is 14.5. The van der Waals surface area contributed by atoms with Crippen LogP contribution in [0, 0.1) is 6.92 Å². The van der Waals surface area contributed by atoms with Gasteiger partial charge in [-0.2, -0.15) is 0 Å². The van der Waals surface area contributed by atoms with E-state index in [0.29, 0.717) is 0 Å². The zero-order valence-corrected chi connectivity index (χ0v) is 9.88. The minimum atomic E-state index is -1.02. The summed E-state index contributed by atoms with van der Waals surface area (Å²) in [6.45, 7) is 1.99. The minimum Gasteiger partial charge on any atom is -0.322 e. The molecule has 1 saturated carbocycles. The monoisotopic (exact) mass is 221 g/mol. The molecule has 0 spiro atoms.